The van der Waals surface area contributed by atoms with Crippen molar-refractivity contribution in [1.82, 2.24) is 19.6 Å². The smallest absolute Gasteiger partial charge is 0.338 e. The van der Waals surface area contributed by atoms with Crippen LogP contribution in [0.15, 0.2) is 18.5 Å². The first kappa shape index (κ1) is 17.1. The maximum absolute atomic E-state index is 11.8. The number of ether oxygens (including phenoxy) is 1. The second-order valence-electron chi connectivity index (χ2n) is 6.08. The third-order valence-corrected chi connectivity index (χ3v) is 5.16. The van der Waals surface area contributed by atoms with Gasteiger partial charge in [0.1, 0.15) is 23.9 Å². The number of halogens is 2. The van der Waals surface area contributed by atoms with Gasteiger partial charge in [0.2, 0.25) is 0 Å². The number of carbonyl (C=O) groups excluding carboxylic acids is 1. The molecule has 1 aliphatic heterocycles. The first-order valence-corrected chi connectivity index (χ1v) is 8.91. The van der Waals surface area contributed by atoms with Crippen molar-refractivity contribution in [2.45, 2.75) is 32.9 Å². The van der Waals surface area contributed by atoms with Gasteiger partial charge in [-0.3, -0.25) is 0 Å². The topological polar surface area (TPSA) is 81.4 Å². The van der Waals surface area contributed by atoms with Crippen molar-refractivity contribution < 1.29 is 9.53 Å². The Bertz CT molecular complexity index is 1030. The van der Waals surface area contributed by atoms with Crippen LogP contribution in [0.5, 0.6) is 0 Å². The molecule has 3 heterocycles. The summed E-state index contributed by atoms with van der Waals surface area (Å²) in [5.74, 6) is 0.668. The number of rotatable bonds is 4. The largest absolute Gasteiger partial charge is 0.457 e. The third-order valence-electron chi connectivity index (χ3n) is 4.46. The minimum Gasteiger partial charge on any atom is -0.457 e. The van der Waals surface area contributed by atoms with Crippen molar-refractivity contribution in [3.63, 3.8) is 0 Å². The van der Waals surface area contributed by atoms with Crippen LogP contribution in [0.3, 0.4) is 0 Å². The first-order chi connectivity index (χ1) is 12.5. The molecule has 0 radical (unpaired) electrons. The summed E-state index contributed by atoms with van der Waals surface area (Å²) in [6.45, 7) is 4.27. The minimum atomic E-state index is -0.373. The molecule has 1 atom stereocenters. The van der Waals surface area contributed by atoms with Crippen molar-refractivity contribution in [1.29, 1.82) is 0 Å². The van der Waals surface area contributed by atoms with Crippen LogP contribution in [0.1, 0.15) is 36.2 Å². The van der Waals surface area contributed by atoms with Crippen molar-refractivity contribution in [2.75, 3.05) is 5.32 Å². The Hall–Kier alpha value is -2.38. The lowest BCUT2D eigenvalue weighted by atomic mass is 10.0. The number of aromatic nitrogens is 4. The van der Waals surface area contributed by atoms with Gasteiger partial charge in [-0.2, -0.15) is 19.6 Å². The van der Waals surface area contributed by atoms with Gasteiger partial charge >= 0.3 is 5.97 Å². The molecule has 9 heteroatoms. The highest BCUT2D eigenvalue weighted by Gasteiger charge is 2.28. The Balaban J connectivity index is 1.98. The van der Waals surface area contributed by atoms with Crippen LogP contribution in [0.2, 0.25) is 10.2 Å². The summed E-state index contributed by atoms with van der Waals surface area (Å²) in [7, 11) is 0. The second kappa shape index (κ2) is 6.41. The fourth-order valence-corrected chi connectivity index (χ4v) is 3.47. The maximum Gasteiger partial charge on any atom is 0.338 e. The Morgan fingerprint density at radius 3 is 2.88 bits per heavy atom. The minimum absolute atomic E-state index is 0.144. The molecule has 0 bridgehead atoms. The molecule has 0 saturated carbocycles. The number of fused-ring (bicyclic) bond motifs is 2. The number of hydrogen-bond donors (Lipinski definition) is 1. The van der Waals surface area contributed by atoms with E-state index < -0.39 is 0 Å². The first-order valence-electron chi connectivity index (χ1n) is 8.15. The van der Waals surface area contributed by atoms with E-state index in [2.05, 4.69) is 34.2 Å². The van der Waals surface area contributed by atoms with Crippen LogP contribution >= 0.6 is 23.2 Å². The zero-order chi connectivity index (χ0) is 18.4. The molecule has 134 valence electrons. The molecule has 3 aromatic rings. The van der Waals surface area contributed by atoms with Gasteiger partial charge in [-0.25, -0.2) is 4.79 Å². The number of nitrogens with one attached hydrogen (secondary N) is 1. The highest BCUT2D eigenvalue weighted by molar-refractivity contribution is 6.37. The summed E-state index contributed by atoms with van der Waals surface area (Å²) in [5.41, 5.74) is 2.39. The van der Waals surface area contributed by atoms with E-state index in [1.54, 1.807) is 16.6 Å². The Labute approximate surface area is 159 Å². The number of anilines is 1. The zero-order valence-electron chi connectivity index (χ0n) is 14.1. The van der Waals surface area contributed by atoms with Crippen molar-refractivity contribution in [3.8, 4) is 11.1 Å². The van der Waals surface area contributed by atoms with E-state index in [1.807, 2.05) is 0 Å². The number of benzene rings is 1. The monoisotopic (exact) mass is 391 g/mol. The second-order valence-corrected chi connectivity index (χ2v) is 6.82. The third kappa shape index (κ3) is 2.59. The van der Waals surface area contributed by atoms with Crippen LogP contribution in [0.4, 0.5) is 5.82 Å². The predicted molar refractivity (Wildman–Crippen MR) is 98.7 cm³/mol. The predicted octanol–water partition coefficient (Wildman–Crippen LogP) is 3.98. The van der Waals surface area contributed by atoms with Gasteiger partial charge in [-0.05, 0) is 19.4 Å². The van der Waals surface area contributed by atoms with E-state index >= 15 is 0 Å². The van der Waals surface area contributed by atoms with Gasteiger partial charge < -0.3 is 10.1 Å². The molecular weight excluding hydrogens is 377 g/mol. The summed E-state index contributed by atoms with van der Waals surface area (Å²) >= 11 is 13.1. The van der Waals surface area contributed by atoms with Gasteiger partial charge in [-0.15, -0.1) is 0 Å². The molecule has 0 aliphatic carbocycles. The molecule has 1 N–H and O–H groups in total. The summed E-state index contributed by atoms with van der Waals surface area (Å²) < 4.78 is 6.68. The average molecular weight is 392 g/mol. The maximum atomic E-state index is 11.8. The molecule has 26 heavy (non-hydrogen) atoms. The summed E-state index contributed by atoms with van der Waals surface area (Å²) in [4.78, 5) is 20.2. The van der Waals surface area contributed by atoms with Crippen molar-refractivity contribution in [3.05, 3.63) is 39.8 Å². The fraction of sp³-hybridized carbons (Fsp3) is 0.294. The summed E-state index contributed by atoms with van der Waals surface area (Å²) in [6, 6.07) is 3.61. The molecule has 1 aromatic carbocycles. The van der Waals surface area contributed by atoms with Gasteiger partial charge in [0.25, 0.3) is 5.78 Å². The lowest BCUT2D eigenvalue weighted by Gasteiger charge is -2.19. The van der Waals surface area contributed by atoms with Crippen molar-refractivity contribution in [2.24, 2.45) is 0 Å². The van der Waals surface area contributed by atoms with Gasteiger partial charge in [0.05, 0.1) is 16.1 Å². The molecule has 4 rings (SSSR count). The van der Waals surface area contributed by atoms with Crippen LogP contribution in [0, 0.1) is 0 Å². The quantitative estimate of drug-likeness (QED) is 0.534. The summed E-state index contributed by atoms with van der Waals surface area (Å²) in [6.07, 6.45) is 2.32. The molecule has 1 aliphatic rings. The molecule has 0 spiro atoms. The normalized spacial score (nSPS) is 14.4. The van der Waals surface area contributed by atoms with Gasteiger partial charge in [0, 0.05) is 17.2 Å². The molecule has 7 nitrogen and oxygen atoms in total. The lowest BCUT2D eigenvalue weighted by molar-refractivity contribution is 0.0535. The van der Waals surface area contributed by atoms with Crippen LogP contribution in [0.25, 0.3) is 16.9 Å². The number of nitrogens with zero attached hydrogens (tertiary/aromatic N) is 4. The average Bonchev–Trinajstić information content (AvgIpc) is 3.23. The number of esters is 1. The molecule has 2 aromatic heterocycles. The van der Waals surface area contributed by atoms with Crippen LogP contribution < -0.4 is 5.32 Å². The van der Waals surface area contributed by atoms with E-state index in [1.165, 1.54) is 6.33 Å². The van der Waals surface area contributed by atoms with Crippen molar-refractivity contribution >= 4 is 40.8 Å². The Kier molecular flexibility index (Phi) is 4.20. The lowest BCUT2D eigenvalue weighted by Crippen LogP contribution is -2.18. The molecule has 0 saturated heterocycles. The van der Waals surface area contributed by atoms with E-state index in [-0.39, 0.29) is 23.8 Å². The molecular formula is C17H15Cl2N5O2. The van der Waals surface area contributed by atoms with E-state index in [0.717, 1.165) is 6.42 Å². The number of carbonyl (C=O) groups is 1. The van der Waals surface area contributed by atoms with Gasteiger partial charge in [-0.1, -0.05) is 36.2 Å². The zero-order valence-corrected chi connectivity index (χ0v) is 15.6. The SMILES string of the molecule is CCC(C)Nc1c(-c2ccc3c(c2Cl)COC3=O)c(Cl)nc2ncnn12. The van der Waals surface area contributed by atoms with E-state index in [4.69, 9.17) is 27.9 Å². The number of hydrogen-bond acceptors (Lipinski definition) is 6. The Morgan fingerprint density at radius 2 is 2.12 bits per heavy atom. The van der Waals surface area contributed by atoms with Crippen LogP contribution in [-0.4, -0.2) is 31.6 Å². The molecule has 0 fully saturated rings. The standard InChI is InChI=1S/C17H15Cl2N5O2/c1-3-8(2)22-15-12(14(19)23-17-20-7-21-24(15)17)10-5-4-9-11(13(10)18)6-26-16(9)25/h4-5,7-8,22H,3,6H2,1-2H3. The highest BCUT2D eigenvalue weighted by Crippen LogP contribution is 2.42. The van der Waals surface area contributed by atoms with Gasteiger partial charge in [0.15, 0.2) is 0 Å². The Morgan fingerprint density at radius 1 is 1.35 bits per heavy atom. The van der Waals surface area contributed by atoms with E-state index in [0.29, 0.717) is 38.9 Å². The number of cyclic esters (lactones) is 1. The highest BCUT2D eigenvalue weighted by atomic mass is 35.5. The molecule has 0 amide bonds. The van der Waals surface area contributed by atoms with E-state index in [9.17, 15) is 4.79 Å². The fourth-order valence-electron chi connectivity index (χ4n) is 2.89. The van der Waals surface area contributed by atoms with Crippen LogP contribution in [-0.2, 0) is 11.3 Å². The molecule has 1 unspecified atom stereocenters. The summed E-state index contributed by atoms with van der Waals surface area (Å²) in [5, 5.41) is 8.33.